The van der Waals surface area contributed by atoms with Crippen molar-refractivity contribution in [1.82, 2.24) is 13.9 Å². The monoisotopic (exact) mass is 494 g/mol. The molecular weight excluding hydrogens is 468 g/mol. The summed E-state index contributed by atoms with van der Waals surface area (Å²) in [4.78, 5) is 29.1. The molecule has 2 N–H and O–H groups in total. The molecule has 1 aromatic carbocycles. The van der Waals surface area contributed by atoms with Gasteiger partial charge in [0.15, 0.2) is 5.16 Å². The normalized spacial score (nSPS) is 17.8. The number of morpholine rings is 1. The molecule has 0 unspecified atom stereocenters. The van der Waals surface area contributed by atoms with Crippen molar-refractivity contribution in [2.75, 3.05) is 37.4 Å². The summed E-state index contributed by atoms with van der Waals surface area (Å²) >= 11 is 1.08. The number of amides is 1. The van der Waals surface area contributed by atoms with Crippen molar-refractivity contribution in [3.05, 3.63) is 40.7 Å². The van der Waals surface area contributed by atoms with Gasteiger partial charge in [0, 0.05) is 24.8 Å². The molecule has 10 nitrogen and oxygen atoms in total. The van der Waals surface area contributed by atoms with E-state index in [0.717, 1.165) is 43.5 Å². The van der Waals surface area contributed by atoms with Crippen LogP contribution in [0.3, 0.4) is 0 Å². The van der Waals surface area contributed by atoms with Crippen LogP contribution < -0.4 is 10.9 Å². The number of sulfonamides is 1. The Bertz CT molecular complexity index is 1150. The quantitative estimate of drug-likeness (QED) is 0.440. The van der Waals surface area contributed by atoms with E-state index < -0.39 is 10.0 Å². The molecule has 0 atom stereocenters. The first kappa shape index (κ1) is 23.7. The van der Waals surface area contributed by atoms with E-state index in [1.807, 2.05) is 0 Å². The van der Waals surface area contributed by atoms with E-state index in [1.54, 1.807) is 4.57 Å². The van der Waals surface area contributed by atoms with Crippen LogP contribution in [0.2, 0.25) is 0 Å². The van der Waals surface area contributed by atoms with Crippen LogP contribution in [-0.2, 0) is 19.6 Å². The lowest BCUT2D eigenvalue weighted by atomic mass is 10.2. The number of aromatic hydroxyl groups is 1. The number of carbonyl (C=O) groups excluding carboxylic acids is 1. The van der Waals surface area contributed by atoms with Crippen molar-refractivity contribution in [3.63, 3.8) is 0 Å². The molecule has 1 amide bonds. The topological polar surface area (TPSA) is 131 Å². The van der Waals surface area contributed by atoms with E-state index in [4.69, 9.17) is 4.74 Å². The summed E-state index contributed by atoms with van der Waals surface area (Å²) in [6, 6.07) is 7.12. The highest BCUT2D eigenvalue weighted by Gasteiger charge is 2.26. The summed E-state index contributed by atoms with van der Waals surface area (Å²) in [5.74, 6) is -0.718. The minimum atomic E-state index is -3.60. The third-order valence-electron chi connectivity index (χ3n) is 5.67. The van der Waals surface area contributed by atoms with E-state index in [2.05, 4.69) is 10.3 Å². The van der Waals surface area contributed by atoms with Gasteiger partial charge in [-0.2, -0.15) is 9.29 Å². The zero-order valence-corrected chi connectivity index (χ0v) is 19.6. The molecule has 1 saturated heterocycles. The summed E-state index contributed by atoms with van der Waals surface area (Å²) in [5, 5.41) is 12.8. The molecule has 178 valence electrons. The van der Waals surface area contributed by atoms with E-state index in [-0.39, 0.29) is 34.0 Å². The summed E-state index contributed by atoms with van der Waals surface area (Å²) in [5.41, 5.74) is 0.132. The van der Waals surface area contributed by atoms with E-state index in [1.165, 1.54) is 28.6 Å². The standard InChI is InChI=1S/C21H26N4O6S2/c26-18-13-20(28)25(16-3-1-2-4-16)21(23-18)32-14-19(27)22-15-5-7-17(8-6-15)33(29,30)24-9-11-31-12-10-24/h5-8,13,16,26H,1-4,9-12,14H2,(H,22,27). The zero-order valence-electron chi connectivity index (χ0n) is 18.0. The average molecular weight is 495 g/mol. The molecule has 0 radical (unpaired) electrons. The third-order valence-corrected chi connectivity index (χ3v) is 8.54. The second-order valence-electron chi connectivity index (χ2n) is 7.92. The van der Waals surface area contributed by atoms with Crippen LogP contribution in [0.5, 0.6) is 5.88 Å². The highest BCUT2D eigenvalue weighted by Crippen LogP contribution is 2.31. The Morgan fingerprint density at radius 3 is 2.52 bits per heavy atom. The lowest BCUT2D eigenvalue weighted by Crippen LogP contribution is -2.40. The lowest BCUT2D eigenvalue weighted by molar-refractivity contribution is -0.113. The molecule has 4 rings (SSSR count). The second-order valence-corrected chi connectivity index (χ2v) is 10.8. The number of rotatable bonds is 7. The molecule has 12 heteroatoms. The van der Waals surface area contributed by atoms with Gasteiger partial charge in [0.25, 0.3) is 5.56 Å². The fraction of sp³-hybridized carbons (Fsp3) is 0.476. The first-order chi connectivity index (χ1) is 15.8. The SMILES string of the molecule is O=C(CSc1nc(O)cc(=O)n1C1CCCC1)Nc1ccc(S(=O)(=O)N2CCOCC2)cc1. The molecule has 1 aliphatic carbocycles. The van der Waals surface area contributed by atoms with Crippen LogP contribution in [0.4, 0.5) is 5.69 Å². The Balaban J connectivity index is 1.39. The fourth-order valence-corrected chi connectivity index (χ4v) is 6.31. The van der Waals surface area contributed by atoms with Crippen molar-refractivity contribution in [2.24, 2.45) is 0 Å². The zero-order chi connectivity index (χ0) is 23.4. The number of nitrogens with zero attached hydrogens (tertiary/aromatic N) is 3. The van der Waals surface area contributed by atoms with Crippen LogP contribution in [-0.4, -0.2) is 65.3 Å². The Labute approximate surface area is 196 Å². The fourth-order valence-electron chi connectivity index (χ4n) is 4.03. The van der Waals surface area contributed by atoms with Crippen molar-refractivity contribution < 1.29 is 23.1 Å². The molecule has 2 heterocycles. The number of hydrogen-bond acceptors (Lipinski definition) is 8. The van der Waals surface area contributed by atoms with Gasteiger partial charge in [-0.25, -0.2) is 8.42 Å². The number of nitrogens with one attached hydrogen (secondary N) is 1. The number of anilines is 1. The maximum absolute atomic E-state index is 12.7. The highest BCUT2D eigenvalue weighted by atomic mass is 32.2. The molecule has 2 aromatic rings. The Morgan fingerprint density at radius 2 is 1.85 bits per heavy atom. The van der Waals surface area contributed by atoms with Gasteiger partial charge in [-0.15, -0.1) is 0 Å². The molecule has 33 heavy (non-hydrogen) atoms. The Morgan fingerprint density at radius 1 is 1.18 bits per heavy atom. The van der Waals surface area contributed by atoms with E-state index >= 15 is 0 Å². The molecular formula is C21H26N4O6S2. The summed E-state index contributed by atoms with van der Waals surface area (Å²) in [7, 11) is -3.60. The molecule has 1 aliphatic heterocycles. The first-order valence-electron chi connectivity index (χ1n) is 10.8. The van der Waals surface area contributed by atoms with Gasteiger partial charge >= 0.3 is 0 Å². The van der Waals surface area contributed by atoms with Gasteiger partial charge in [-0.1, -0.05) is 24.6 Å². The number of thioether (sulfide) groups is 1. The van der Waals surface area contributed by atoms with Gasteiger partial charge in [0.05, 0.1) is 29.9 Å². The molecule has 1 aromatic heterocycles. The van der Waals surface area contributed by atoms with Crippen LogP contribution in [0.15, 0.2) is 45.2 Å². The summed E-state index contributed by atoms with van der Waals surface area (Å²) in [6.45, 7) is 1.36. The molecule has 2 aliphatic rings. The van der Waals surface area contributed by atoms with Crippen LogP contribution >= 0.6 is 11.8 Å². The maximum atomic E-state index is 12.7. The van der Waals surface area contributed by atoms with E-state index in [0.29, 0.717) is 37.1 Å². The van der Waals surface area contributed by atoms with Gasteiger partial charge in [-0.05, 0) is 37.1 Å². The van der Waals surface area contributed by atoms with Crippen molar-refractivity contribution >= 4 is 33.4 Å². The number of ether oxygens (including phenoxy) is 1. The van der Waals surface area contributed by atoms with Crippen LogP contribution in [0.1, 0.15) is 31.7 Å². The number of aromatic nitrogens is 2. The lowest BCUT2D eigenvalue weighted by Gasteiger charge is -2.26. The van der Waals surface area contributed by atoms with Gasteiger partial charge in [0.2, 0.25) is 21.8 Å². The van der Waals surface area contributed by atoms with Crippen molar-refractivity contribution in [2.45, 2.75) is 41.8 Å². The summed E-state index contributed by atoms with van der Waals surface area (Å²) in [6.07, 6.45) is 3.79. The largest absolute Gasteiger partial charge is 0.493 e. The molecule has 1 saturated carbocycles. The Hall–Kier alpha value is -2.41. The Kier molecular flexibility index (Phi) is 7.37. The average Bonchev–Trinajstić information content (AvgIpc) is 3.32. The second kappa shape index (κ2) is 10.2. The van der Waals surface area contributed by atoms with Gasteiger partial charge in [-0.3, -0.25) is 14.2 Å². The summed E-state index contributed by atoms with van der Waals surface area (Å²) < 4.78 is 33.6. The smallest absolute Gasteiger partial charge is 0.258 e. The molecule has 0 spiro atoms. The molecule has 0 bridgehead atoms. The number of carbonyl (C=O) groups is 1. The van der Waals surface area contributed by atoms with Crippen LogP contribution in [0.25, 0.3) is 0 Å². The highest BCUT2D eigenvalue weighted by molar-refractivity contribution is 7.99. The van der Waals surface area contributed by atoms with Gasteiger partial charge < -0.3 is 15.2 Å². The third kappa shape index (κ3) is 5.57. The maximum Gasteiger partial charge on any atom is 0.258 e. The first-order valence-corrected chi connectivity index (χ1v) is 13.2. The number of benzene rings is 1. The van der Waals surface area contributed by atoms with Crippen molar-refractivity contribution in [3.8, 4) is 5.88 Å². The molecule has 2 fully saturated rings. The van der Waals surface area contributed by atoms with Gasteiger partial charge in [0.1, 0.15) is 0 Å². The minimum absolute atomic E-state index is 0.0174. The van der Waals surface area contributed by atoms with Crippen molar-refractivity contribution in [1.29, 1.82) is 0 Å². The van der Waals surface area contributed by atoms with Crippen LogP contribution in [0, 0.1) is 0 Å². The minimum Gasteiger partial charge on any atom is -0.493 e. The van der Waals surface area contributed by atoms with E-state index in [9.17, 15) is 23.1 Å². The number of hydrogen-bond donors (Lipinski definition) is 2. The predicted octanol–water partition coefficient (Wildman–Crippen LogP) is 1.82. The predicted molar refractivity (Wildman–Crippen MR) is 123 cm³/mol.